The van der Waals surface area contributed by atoms with Crippen molar-refractivity contribution in [3.05, 3.63) is 68.5 Å². The van der Waals surface area contributed by atoms with Gasteiger partial charge in [-0.1, -0.05) is 17.7 Å². The molecule has 0 amide bonds. The van der Waals surface area contributed by atoms with Crippen molar-refractivity contribution >= 4 is 23.0 Å². The lowest BCUT2D eigenvalue weighted by Crippen LogP contribution is -2.24. The van der Waals surface area contributed by atoms with Gasteiger partial charge in [-0.15, -0.1) is 0 Å². The van der Waals surface area contributed by atoms with E-state index < -0.39 is 16.8 Å². The molecule has 1 aliphatic heterocycles. The molecular formula is C17H16ClFN2O4. The fourth-order valence-electron chi connectivity index (χ4n) is 2.91. The number of hydrogen-bond donors (Lipinski definition) is 2. The van der Waals surface area contributed by atoms with E-state index in [1.807, 2.05) is 0 Å². The van der Waals surface area contributed by atoms with Crippen molar-refractivity contribution in [2.75, 3.05) is 11.9 Å². The lowest BCUT2D eigenvalue weighted by molar-refractivity contribution is -0.384. The molecular weight excluding hydrogens is 351 g/mol. The van der Waals surface area contributed by atoms with Gasteiger partial charge in [0.05, 0.1) is 22.6 Å². The third kappa shape index (κ3) is 3.73. The van der Waals surface area contributed by atoms with E-state index >= 15 is 0 Å². The second-order valence-corrected chi connectivity index (χ2v) is 6.18. The fourth-order valence-corrected chi connectivity index (χ4v) is 3.03. The van der Waals surface area contributed by atoms with Gasteiger partial charge in [0.25, 0.3) is 5.69 Å². The lowest BCUT2D eigenvalue weighted by Gasteiger charge is -2.21. The Morgan fingerprint density at radius 1 is 1.36 bits per heavy atom. The van der Waals surface area contributed by atoms with E-state index in [0.29, 0.717) is 29.8 Å². The molecule has 3 rings (SSSR count). The highest BCUT2D eigenvalue weighted by Gasteiger charge is 2.31. The number of aliphatic hydroxyl groups is 1. The van der Waals surface area contributed by atoms with Crippen LogP contribution in [0.1, 0.15) is 23.7 Å². The van der Waals surface area contributed by atoms with E-state index in [4.69, 9.17) is 16.3 Å². The molecule has 25 heavy (non-hydrogen) atoms. The van der Waals surface area contributed by atoms with Gasteiger partial charge in [-0.3, -0.25) is 10.1 Å². The van der Waals surface area contributed by atoms with Crippen LogP contribution in [-0.2, 0) is 11.3 Å². The van der Waals surface area contributed by atoms with Gasteiger partial charge in [0.2, 0.25) is 0 Å². The maximum absolute atomic E-state index is 13.7. The third-order valence-corrected chi connectivity index (χ3v) is 4.45. The summed E-state index contributed by atoms with van der Waals surface area (Å²) in [6, 6.07) is 8.56. The normalized spacial score (nSPS) is 19.8. The molecule has 1 aliphatic rings. The number of aliphatic hydroxyl groups excluding tert-OH is 1. The highest BCUT2D eigenvalue weighted by Crippen LogP contribution is 2.35. The van der Waals surface area contributed by atoms with Gasteiger partial charge in [0.1, 0.15) is 17.6 Å². The van der Waals surface area contributed by atoms with Gasteiger partial charge in [-0.25, -0.2) is 4.39 Å². The van der Waals surface area contributed by atoms with Crippen molar-refractivity contribution in [2.24, 2.45) is 0 Å². The summed E-state index contributed by atoms with van der Waals surface area (Å²) >= 11 is 5.71. The number of hydrogen-bond acceptors (Lipinski definition) is 5. The number of anilines is 1. The van der Waals surface area contributed by atoms with Crippen molar-refractivity contribution in [3.8, 4) is 0 Å². The first-order valence-corrected chi connectivity index (χ1v) is 8.08. The number of rotatable bonds is 5. The van der Waals surface area contributed by atoms with Crippen LogP contribution in [0.2, 0.25) is 5.02 Å². The largest absolute Gasteiger partial charge is 0.392 e. The summed E-state index contributed by atoms with van der Waals surface area (Å²) < 4.78 is 19.4. The van der Waals surface area contributed by atoms with Gasteiger partial charge in [-0.05, 0) is 41.8 Å². The SMILES string of the molecule is O=[N+]([O-])c1ccc(CO)cc1NC1CCOC1c1ccc(Cl)c(F)c1. The van der Waals surface area contributed by atoms with Crippen molar-refractivity contribution in [1.29, 1.82) is 0 Å². The van der Waals surface area contributed by atoms with Gasteiger partial charge in [0, 0.05) is 12.7 Å². The summed E-state index contributed by atoms with van der Waals surface area (Å²) in [4.78, 5) is 10.7. The summed E-state index contributed by atoms with van der Waals surface area (Å²) in [7, 11) is 0. The zero-order valence-corrected chi connectivity index (χ0v) is 13.9. The molecule has 2 aromatic carbocycles. The first-order valence-electron chi connectivity index (χ1n) is 7.71. The van der Waals surface area contributed by atoms with Crippen LogP contribution < -0.4 is 5.32 Å². The van der Waals surface area contributed by atoms with E-state index in [-0.39, 0.29) is 23.4 Å². The van der Waals surface area contributed by atoms with Crippen LogP contribution in [0.5, 0.6) is 0 Å². The van der Waals surface area contributed by atoms with Crippen LogP contribution in [-0.4, -0.2) is 22.7 Å². The Morgan fingerprint density at radius 2 is 2.16 bits per heavy atom. The minimum absolute atomic E-state index is 0.0255. The van der Waals surface area contributed by atoms with Crippen molar-refractivity contribution in [2.45, 2.75) is 25.2 Å². The maximum Gasteiger partial charge on any atom is 0.292 e. The minimum atomic E-state index is -0.540. The number of nitro benzene ring substituents is 1. The average Bonchev–Trinajstić information content (AvgIpc) is 3.05. The zero-order chi connectivity index (χ0) is 18.0. The van der Waals surface area contributed by atoms with Crippen LogP contribution in [0.4, 0.5) is 15.8 Å². The van der Waals surface area contributed by atoms with E-state index in [1.165, 1.54) is 30.3 Å². The molecule has 1 fully saturated rings. The number of nitrogens with one attached hydrogen (secondary N) is 1. The molecule has 0 spiro atoms. The first-order chi connectivity index (χ1) is 12.0. The van der Waals surface area contributed by atoms with Crippen LogP contribution in [0, 0.1) is 15.9 Å². The number of benzene rings is 2. The lowest BCUT2D eigenvalue weighted by atomic mass is 10.0. The molecule has 1 saturated heterocycles. The summed E-state index contributed by atoms with van der Waals surface area (Å²) in [5, 5.41) is 23.6. The van der Waals surface area contributed by atoms with Crippen LogP contribution in [0.3, 0.4) is 0 Å². The number of nitrogens with zero attached hydrogens (tertiary/aromatic N) is 1. The van der Waals surface area contributed by atoms with Gasteiger partial charge >= 0.3 is 0 Å². The second-order valence-electron chi connectivity index (χ2n) is 5.77. The van der Waals surface area contributed by atoms with Crippen LogP contribution in [0.15, 0.2) is 36.4 Å². The standard InChI is InChI=1S/C17H16ClFN2O4/c18-12-3-2-11(8-13(12)19)17-14(5-6-25-17)20-15-7-10(9-22)1-4-16(15)21(23)24/h1-4,7-8,14,17,20,22H,5-6,9H2. The predicted molar refractivity (Wildman–Crippen MR) is 91.1 cm³/mol. The highest BCUT2D eigenvalue weighted by atomic mass is 35.5. The molecule has 2 unspecified atom stereocenters. The zero-order valence-electron chi connectivity index (χ0n) is 13.1. The molecule has 0 bridgehead atoms. The van der Waals surface area contributed by atoms with Crippen molar-refractivity contribution < 1.29 is 19.2 Å². The molecule has 2 atom stereocenters. The second kappa shape index (κ2) is 7.35. The van der Waals surface area contributed by atoms with Gasteiger partial charge < -0.3 is 15.2 Å². The molecule has 2 N–H and O–H groups in total. The van der Waals surface area contributed by atoms with Gasteiger partial charge in [-0.2, -0.15) is 0 Å². The average molecular weight is 367 g/mol. The Balaban J connectivity index is 1.88. The molecule has 6 nitrogen and oxygen atoms in total. The molecule has 0 aromatic heterocycles. The predicted octanol–water partition coefficient (Wildman–Crippen LogP) is 3.82. The Bertz CT molecular complexity index is 802. The molecule has 0 saturated carbocycles. The van der Waals surface area contributed by atoms with Crippen LogP contribution in [0.25, 0.3) is 0 Å². The van der Waals surface area contributed by atoms with E-state index in [2.05, 4.69) is 5.32 Å². The van der Waals surface area contributed by atoms with E-state index in [9.17, 15) is 19.6 Å². The van der Waals surface area contributed by atoms with E-state index in [0.717, 1.165) is 0 Å². The number of ether oxygens (including phenoxy) is 1. The third-order valence-electron chi connectivity index (χ3n) is 4.15. The maximum atomic E-state index is 13.7. The van der Waals surface area contributed by atoms with Crippen molar-refractivity contribution in [3.63, 3.8) is 0 Å². The molecule has 0 aliphatic carbocycles. The molecule has 2 aromatic rings. The first kappa shape index (κ1) is 17.6. The highest BCUT2D eigenvalue weighted by molar-refractivity contribution is 6.30. The van der Waals surface area contributed by atoms with Crippen molar-refractivity contribution in [1.82, 2.24) is 0 Å². The Labute approximate surface area is 148 Å². The Morgan fingerprint density at radius 3 is 2.84 bits per heavy atom. The smallest absolute Gasteiger partial charge is 0.292 e. The molecule has 8 heteroatoms. The Kier molecular flexibility index (Phi) is 5.17. The fraction of sp³-hybridized carbons (Fsp3) is 0.294. The summed E-state index contributed by atoms with van der Waals surface area (Å²) in [6.45, 7) is 0.222. The number of nitro groups is 1. The van der Waals surface area contributed by atoms with E-state index in [1.54, 1.807) is 6.07 Å². The minimum Gasteiger partial charge on any atom is -0.392 e. The molecule has 1 heterocycles. The summed E-state index contributed by atoms with van der Waals surface area (Å²) in [6.07, 6.45) is 0.152. The molecule has 132 valence electrons. The quantitative estimate of drug-likeness (QED) is 0.620. The summed E-state index contributed by atoms with van der Waals surface area (Å²) in [5.41, 5.74) is 1.37. The van der Waals surface area contributed by atoms with Gasteiger partial charge in [0.15, 0.2) is 0 Å². The number of halogens is 2. The molecule has 0 radical (unpaired) electrons. The summed E-state index contributed by atoms with van der Waals surface area (Å²) in [5.74, 6) is -0.540. The monoisotopic (exact) mass is 366 g/mol. The topological polar surface area (TPSA) is 84.6 Å². The Hall–Kier alpha value is -2.22. The van der Waals surface area contributed by atoms with Crippen LogP contribution >= 0.6 is 11.6 Å².